The number of amides is 1. The number of anilines is 2. The van der Waals surface area contributed by atoms with Gasteiger partial charge in [-0.05, 0) is 36.4 Å². The third-order valence-corrected chi connectivity index (χ3v) is 5.80. The van der Waals surface area contributed by atoms with Gasteiger partial charge in [0.25, 0.3) is 5.91 Å². The second-order valence-corrected chi connectivity index (χ2v) is 8.35. The lowest BCUT2D eigenvalue weighted by atomic mass is 10.1. The fraction of sp³-hybridized carbons (Fsp3) is 0.227. The van der Waals surface area contributed by atoms with E-state index in [0.717, 1.165) is 5.69 Å². The molecule has 0 saturated carbocycles. The number of hydrogen-bond acceptors (Lipinski definition) is 8. The lowest BCUT2D eigenvalue weighted by Crippen LogP contribution is -2.27. The zero-order valence-electron chi connectivity index (χ0n) is 17.6. The van der Waals surface area contributed by atoms with Crippen LogP contribution in [0.4, 0.5) is 11.4 Å². The summed E-state index contributed by atoms with van der Waals surface area (Å²) >= 11 is 6.66. The Labute approximate surface area is 190 Å². The average Bonchev–Trinajstić information content (AvgIpc) is 3.05. The number of rotatable bonds is 7. The van der Waals surface area contributed by atoms with E-state index in [2.05, 4.69) is 4.74 Å². The van der Waals surface area contributed by atoms with Crippen molar-refractivity contribution in [3.05, 3.63) is 52.9 Å². The molecule has 0 bridgehead atoms. The minimum absolute atomic E-state index is 0.227. The molecule has 7 nitrogen and oxygen atoms in total. The van der Waals surface area contributed by atoms with Gasteiger partial charge in [0.1, 0.15) is 0 Å². The quantitative estimate of drug-likeness (QED) is 0.353. The zero-order valence-corrected chi connectivity index (χ0v) is 19.2. The Morgan fingerprint density at radius 2 is 1.87 bits per heavy atom. The molecule has 2 aromatic rings. The highest BCUT2D eigenvalue weighted by Crippen LogP contribution is 2.39. The minimum Gasteiger partial charge on any atom is -0.493 e. The van der Waals surface area contributed by atoms with Crippen LogP contribution in [0, 0.1) is 0 Å². The van der Waals surface area contributed by atoms with Crippen LogP contribution in [0.2, 0.25) is 0 Å². The van der Waals surface area contributed by atoms with Gasteiger partial charge in [0.05, 0.1) is 24.8 Å². The molecule has 1 heterocycles. The maximum Gasteiger partial charge on any atom is 0.343 e. The summed E-state index contributed by atoms with van der Waals surface area (Å²) in [6.07, 6.45) is 1.68. The summed E-state index contributed by atoms with van der Waals surface area (Å²) in [7, 11) is 6.68. The maximum absolute atomic E-state index is 13.1. The summed E-state index contributed by atoms with van der Waals surface area (Å²) in [6.45, 7) is -0.281. The molecule has 2 aromatic carbocycles. The molecule has 0 radical (unpaired) electrons. The van der Waals surface area contributed by atoms with Crippen LogP contribution in [0.1, 0.15) is 5.56 Å². The van der Waals surface area contributed by atoms with Gasteiger partial charge in [-0.3, -0.25) is 9.69 Å². The van der Waals surface area contributed by atoms with Crippen LogP contribution in [-0.4, -0.2) is 51.1 Å². The number of carbonyl (C=O) groups is 2. The summed E-state index contributed by atoms with van der Waals surface area (Å²) in [4.78, 5) is 28.5. The Morgan fingerprint density at radius 1 is 1.16 bits per heavy atom. The number of benzene rings is 2. The largest absolute Gasteiger partial charge is 0.493 e. The first-order chi connectivity index (χ1) is 14.8. The van der Waals surface area contributed by atoms with Crippen molar-refractivity contribution in [3.63, 3.8) is 0 Å². The summed E-state index contributed by atoms with van der Waals surface area (Å²) in [5.74, 6) is 0.0297. The maximum atomic E-state index is 13.1. The monoisotopic (exact) mass is 458 g/mol. The van der Waals surface area contributed by atoms with Crippen molar-refractivity contribution in [3.8, 4) is 11.5 Å². The minimum atomic E-state index is -0.524. The van der Waals surface area contributed by atoms with E-state index in [0.29, 0.717) is 32.0 Å². The topological polar surface area (TPSA) is 68.3 Å². The Morgan fingerprint density at radius 3 is 2.48 bits per heavy atom. The zero-order chi connectivity index (χ0) is 22.5. The van der Waals surface area contributed by atoms with Crippen LogP contribution in [0.15, 0.2) is 47.4 Å². The summed E-state index contributed by atoms with van der Waals surface area (Å²) in [5, 5.41) is 0. The molecule has 0 aliphatic carbocycles. The van der Waals surface area contributed by atoms with Gasteiger partial charge >= 0.3 is 5.97 Å². The molecule has 1 saturated heterocycles. The van der Waals surface area contributed by atoms with Gasteiger partial charge in [-0.1, -0.05) is 36.1 Å². The third kappa shape index (κ3) is 5.00. The second-order valence-electron chi connectivity index (χ2n) is 6.67. The molecule has 0 spiro atoms. The van der Waals surface area contributed by atoms with Crippen molar-refractivity contribution in [2.45, 2.75) is 0 Å². The molecular formula is C22H22N2O5S2. The van der Waals surface area contributed by atoms with E-state index in [1.165, 1.54) is 30.9 Å². The Bertz CT molecular complexity index is 1030. The van der Waals surface area contributed by atoms with Gasteiger partial charge in [0, 0.05) is 25.3 Å². The number of thioether (sulfide) groups is 1. The van der Waals surface area contributed by atoms with E-state index in [1.54, 1.807) is 24.3 Å². The van der Waals surface area contributed by atoms with E-state index in [9.17, 15) is 9.59 Å². The Kier molecular flexibility index (Phi) is 7.19. The lowest BCUT2D eigenvalue weighted by Gasteiger charge is -2.17. The highest BCUT2D eigenvalue weighted by molar-refractivity contribution is 8.27. The van der Waals surface area contributed by atoms with Gasteiger partial charge in [-0.25, -0.2) is 4.79 Å². The molecule has 1 aliphatic rings. The molecule has 1 amide bonds. The van der Waals surface area contributed by atoms with E-state index < -0.39 is 5.97 Å². The van der Waals surface area contributed by atoms with Crippen LogP contribution in [0.5, 0.6) is 11.5 Å². The van der Waals surface area contributed by atoms with E-state index in [4.69, 9.17) is 21.7 Å². The third-order valence-electron chi connectivity index (χ3n) is 4.50. The molecule has 0 N–H and O–H groups in total. The van der Waals surface area contributed by atoms with Crippen LogP contribution in [-0.2, 0) is 14.3 Å². The van der Waals surface area contributed by atoms with Gasteiger partial charge in [-0.2, -0.15) is 0 Å². The molecule has 1 aliphatic heterocycles. The van der Waals surface area contributed by atoms with Gasteiger partial charge in [-0.15, -0.1) is 0 Å². The van der Waals surface area contributed by atoms with Crippen molar-refractivity contribution in [2.75, 3.05) is 44.7 Å². The number of thiocarbonyl (C=S) groups is 1. The lowest BCUT2D eigenvalue weighted by molar-refractivity contribution is -0.142. The predicted octanol–water partition coefficient (Wildman–Crippen LogP) is 3.72. The van der Waals surface area contributed by atoms with Crippen molar-refractivity contribution < 1.29 is 23.8 Å². The highest BCUT2D eigenvalue weighted by Gasteiger charge is 2.33. The summed E-state index contributed by atoms with van der Waals surface area (Å²) in [5.41, 5.74) is 2.31. The van der Waals surface area contributed by atoms with Crippen molar-refractivity contribution in [1.82, 2.24) is 0 Å². The summed E-state index contributed by atoms with van der Waals surface area (Å²) in [6, 6.07) is 12.8. The second kappa shape index (κ2) is 9.84. The molecule has 31 heavy (non-hydrogen) atoms. The average molecular weight is 459 g/mol. The van der Waals surface area contributed by atoms with Crippen molar-refractivity contribution >= 4 is 57.6 Å². The summed E-state index contributed by atoms with van der Waals surface area (Å²) < 4.78 is 16.0. The van der Waals surface area contributed by atoms with E-state index in [1.807, 2.05) is 43.3 Å². The van der Waals surface area contributed by atoms with Crippen LogP contribution in [0.25, 0.3) is 6.08 Å². The first kappa shape index (κ1) is 22.6. The van der Waals surface area contributed by atoms with E-state index in [-0.39, 0.29) is 12.5 Å². The Hall–Kier alpha value is -3.04. The normalized spacial score (nSPS) is 14.7. The van der Waals surface area contributed by atoms with Crippen LogP contribution >= 0.6 is 24.0 Å². The Balaban J connectivity index is 1.91. The smallest absolute Gasteiger partial charge is 0.343 e. The molecule has 162 valence electrons. The number of esters is 1. The molecule has 0 aromatic heterocycles. The van der Waals surface area contributed by atoms with Gasteiger partial charge in [0.2, 0.25) is 0 Å². The molecule has 0 unspecified atom stereocenters. The van der Waals surface area contributed by atoms with Gasteiger partial charge < -0.3 is 19.1 Å². The van der Waals surface area contributed by atoms with Crippen LogP contribution < -0.4 is 19.3 Å². The number of methoxy groups -OCH3 is 2. The number of nitrogens with zero attached hydrogens (tertiary/aromatic N) is 2. The molecule has 9 heteroatoms. The number of hydrogen-bond donors (Lipinski definition) is 0. The van der Waals surface area contributed by atoms with Crippen LogP contribution in [0.3, 0.4) is 0 Å². The van der Waals surface area contributed by atoms with Gasteiger partial charge in [0.15, 0.2) is 22.4 Å². The molecular weight excluding hydrogens is 436 g/mol. The molecule has 0 atom stereocenters. The van der Waals surface area contributed by atoms with E-state index >= 15 is 0 Å². The number of carbonyl (C=O) groups excluding carboxylic acids is 2. The fourth-order valence-electron chi connectivity index (χ4n) is 2.88. The SMILES string of the molecule is COC(=O)COc1c(/C=C2/SC(=S)N(c3ccc(N(C)C)cc3)C2=O)cccc1OC. The van der Waals surface area contributed by atoms with Crippen molar-refractivity contribution in [1.29, 1.82) is 0 Å². The fourth-order valence-corrected chi connectivity index (χ4v) is 4.17. The first-order valence-corrected chi connectivity index (χ1v) is 10.5. The number of para-hydroxylation sites is 1. The first-order valence-electron chi connectivity index (χ1n) is 9.27. The van der Waals surface area contributed by atoms with Crippen molar-refractivity contribution in [2.24, 2.45) is 0 Å². The predicted molar refractivity (Wildman–Crippen MR) is 127 cm³/mol. The number of ether oxygens (including phenoxy) is 3. The standard InChI is InChI=1S/C22H22N2O5S2/c1-23(2)15-8-10-16(11-9-15)24-21(26)18(31-22(24)30)12-14-6-5-7-17(27-3)20(14)29-13-19(25)28-4/h5-12H,13H2,1-4H3/b18-12+. The molecule has 3 rings (SSSR count). The highest BCUT2D eigenvalue weighted by atomic mass is 32.2. The molecule has 1 fully saturated rings.